The number of nitrogens with one attached hydrogen (secondary N) is 1. The fourth-order valence-electron chi connectivity index (χ4n) is 3.27. The van der Waals surface area contributed by atoms with E-state index in [0.717, 1.165) is 22.9 Å². The zero-order chi connectivity index (χ0) is 20.7. The zero-order valence-corrected chi connectivity index (χ0v) is 17.0. The Morgan fingerprint density at radius 1 is 1.32 bits per heavy atom. The Balaban J connectivity index is 0.00000136. The van der Waals surface area contributed by atoms with E-state index in [1.165, 1.54) is 0 Å². The minimum atomic E-state index is -0.379. The molecule has 0 bridgehead atoms. The van der Waals surface area contributed by atoms with Gasteiger partial charge in [0.15, 0.2) is 0 Å². The highest BCUT2D eigenvalue weighted by atomic mass is 16.2. The molecular formula is C22H28N4O2. The fourth-order valence-corrected chi connectivity index (χ4v) is 3.27. The van der Waals surface area contributed by atoms with Crippen molar-refractivity contribution in [2.24, 2.45) is 0 Å². The summed E-state index contributed by atoms with van der Waals surface area (Å²) in [6, 6.07) is 9.31. The molecule has 1 fully saturated rings. The highest BCUT2D eigenvalue weighted by Crippen LogP contribution is 2.22. The number of hydrogen-bond donors (Lipinski definition) is 1. The van der Waals surface area contributed by atoms with Crippen LogP contribution in [0.15, 0.2) is 30.5 Å². The van der Waals surface area contributed by atoms with E-state index in [9.17, 15) is 9.59 Å². The monoisotopic (exact) mass is 380 g/mol. The maximum Gasteiger partial charge on any atom is 0.252 e. The summed E-state index contributed by atoms with van der Waals surface area (Å²) in [6.07, 6.45) is 3.13. The van der Waals surface area contributed by atoms with Crippen molar-refractivity contribution >= 4 is 22.7 Å². The molecule has 2 heterocycles. The van der Waals surface area contributed by atoms with Gasteiger partial charge in [0, 0.05) is 18.1 Å². The first-order valence-corrected chi connectivity index (χ1v) is 9.87. The summed E-state index contributed by atoms with van der Waals surface area (Å²) in [6.45, 7) is 8.68. The second kappa shape index (κ2) is 9.84. The summed E-state index contributed by atoms with van der Waals surface area (Å²) in [5.74, 6) is -0.150. The standard InChI is InChI=1S/C20H22N4O2.C2H6/c1-13(2)14-5-6-16-17(7-8-22-18(16)10-14)20(26)23-12-19(25)24-9-3-4-15(24)11-21;1-2/h5-8,10,13,15H,3-4,9,12H2,1-2H3,(H,23,26);1-2H3. The van der Waals surface area contributed by atoms with Crippen molar-refractivity contribution in [2.75, 3.05) is 13.1 Å². The summed E-state index contributed by atoms with van der Waals surface area (Å²) >= 11 is 0. The zero-order valence-electron chi connectivity index (χ0n) is 17.0. The van der Waals surface area contributed by atoms with Gasteiger partial charge in [-0.2, -0.15) is 5.26 Å². The quantitative estimate of drug-likeness (QED) is 0.877. The largest absolute Gasteiger partial charge is 0.343 e. The average molecular weight is 380 g/mol. The Hall–Kier alpha value is -2.94. The molecule has 1 aromatic heterocycles. The molecule has 6 nitrogen and oxygen atoms in total. The van der Waals surface area contributed by atoms with E-state index < -0.39 is 0 Å². The lowest BCUT2D eigenvalue weighted by atomic mass is 9.99. The molecular weight excluding hydrogens is 352 g/mol. The summed E-state index contributed by atoms with van der Waals surface area (Å²) in [7, 11) is 0. The highest BCUT2D eigenvalue weighted by Gasteiger charge is 2.28. The van der Waals surface area contributed by atoms with Crippen LogP contribution in [0.25, 0.3) is 10.9 Å². The Kier molecular flexibility index (Phi) is 7.51. The van der Waals surface area contributed by atoms with Crippen molar-refractivity contribution < 1.29 is 9.59 Å². The predicted molar refractivity (Wildman–Crippen MR) is 110 cm³/mol. The van der Waals surface area contributed by atoms with Crippen molar-refractivity contribution in [3.8, 4) is 6.07 Å². The first-order valence-electron chi connectivity index (χ1n) is 9.87. The number of likely N-dealkylation sites (tertiary alicyclic amines) is 1. The third-order valence-corrected chi connectivity index (χ3v) is 4.80. The van der Waals surface area contributed by atoms with E-state index in [2.05, 4.69) is 30.2 Å². The van der Waals surface area contributed by atoms with E-state index in [-0.39, 0.29) is 24.4 Å². The SMILES string of the molecule is CC.CC(C)c1ccc2c(C(=O)NCC(=O)N3CCCC3C#N)ccnc2c1. The number of fused-ring (bicyclic) bond motifs is 1. The van der Waals surface area contributed by atoms with Crippen molar-refractivity contribution in [3.63, 3.8) is 0 Å². The molecule has 0 radical (unpaired) electrons. The number of nitrogens with zero attached hydrogens (tertiary/aromatic N) is 3. The van der Waals surface area contributed by atoms with Crippen molar-refractivity contribution in [3.05, 3.63) is 41.6 Å². The van der Waals surface area contributed by atoms with Gasteiger partial charge in [-0.15, -0.1) is 0 Å². The molecule has 0 saturated carbocycles. The predicted octanol–water partition coefficient (Wildman–Crippen LogP) is 3.63. The molecule has 1 atom stereocenters. The molecule has 2 amide bonds. The molecule has 6 heteroatoms. The molecule has 1 aliphatic rings. The lowest BCUT2D eigenvalue weighted by molar-refractivity contribution is -0.130. The fraction of sp³-hybridized carbons (Fsp3) is 0.455. The number of carbonyl (C=O) groups is 2. The minimum Gasteiger partial charge on any atom is -0.343 e. The summed E-state index contributed by atoms with van der Waals surface area (Å²) in [4.78, 5) is 30.8. The maximum atomic E-state index is 12.6. The Bertz CT molecular complexity index is 886. The van der Waals surface area contributed by atoms with Crippen LogP contribution in [0.3, 0.4) is 0 Å². The summed E-state index contributed by atoms with van der Waals surface area (Å²) in [5.41, 5.74) is 2.42. The van der Waals surface area contributed by atoms with Gasteiger partial charge in [0.2, 0.25) is 5.91 Å². The van der Waals surface area contributed by atoms with E-state index >= 15 is 0 Å². The molecule has 3 rings (SSSR count). The van der Waals surface area contributed by atoms with Crippen LogP contribution in [0.2, 0.25) is 0 Å². The molecule has 1 saturated heterocycles. The van der Waals surface area contributed by atoms with Crippen LogP contribution in [0.4, 0.5) is 0 Å². The van der Waals surface area contributed by atoms with Gasteiger partial charge in [0.1, 0.15) is 6.04 Å². The van der Waals surface area contributed by atoms with Crippen molar-refractivity contribution in [1.29, 1.82) is 5.26 Å². The van der Waals surface area contributed by atoms with Crippen LogP contribution in [-0.4, -0.2) is 40.8 Å². The highest BCUT2D eigenvalue weighted by molar-refractivity contribution is 6.07. The smallest absolute Gasteiger partial charge is 0.252 e. The van der Waals surface area contributed by atoms with E-state index in [4.69, 9.17) is 5.26 Å². The van der Waals surface area contributed by atoms with Crippen LogP contribution < -0.4 is 5.32 Å². The van der Waals surface area contributed by atoms with E-state index in [1.807, 2.05) is 32.0 Å². The van der Waals surface area contributed by atoms with Gasteiger partial charge in [0.25, 0.3) is 5.91 Å². The van der Waals surface area contributed by atoms with E-state index in [0.29, 0.717) is 24.4 Å². The van der Waals surface area contributed by atoms with Crippen molar-refractivity contribution in [1.82, 2.24) is 15.2 Å². The van der Waals surface area contributed by atoms with Crippen LogP contribution in [0.5, 0.6) is 0 Å². The number of nitriles is 1. The third kappa shape index (κ3) is 4.66. The number of aromatic nitrogens is 1. The van der Waals surface area contributed by atoms with Crippen molar-refractivity contribution in [2.45, 2.75) is 52.5 Å². The molecule has 0 spiro atoms. The van der Waals surface area contributed by atoms with Crippen LogP contribution in [-0.2, 0) is 4.79 Å². The second-order valence-corrected chi connectivity index (χ2v) is 6.85. The van der Waals surface area contributed by atoms with E-state index in [1.54, 1.807) is 17.2 Å². The lowest BCUT2D eigenvalue weighted by Gasteiger charge is -2.19. The molecule has 148 valence electrons. The summed E-state index contributed by atoms with van der Waals surface area (Å²) < 4.78 is 0. The number of hydrogen-bond acceptors (Lipinski definition) is 4. The third-order valence-electron chi connectivity index (χ3n) is 4.80. The van der Waals surface area contributed by atoms with Crippen LogP contribution in [0.1, 0.15) is 62.4 Å². The van der Waals surface area contributed by atoms with Gasteiger partial charge in [-0.05, 0) is 36.5 Å². The Morgan fingerprint density at radius 3 is 2.75 bits per heavy atom. The second-order valence-electron chi connectivity index (χ2n) is 6.85. The topological polar surface area (TPSA) is 86.1 Å². The van der Waals surface area contributed by atoms with Gasteiger partial charge < -0.3 is 10.2 Å². The Labute approximate surface area is 166 Å². The van der Waals surface area contributed by atoms with Gasteiger partial charge in [-0.3, -0.25) is 14.6 Å². The minimum absolute atomic E-state index is 0.106. The number of carbonyl (C=O) groups excluding carboxylic acids is 2. The molecule has 1 N–H and O–H groups in total. The molecule has 1 aromatic carbocycles. The first kappa shape index (κ1) is 21.4. The lowest BCUT2D eigenvalue weighted by Crippen LogP contribution is -2.42. The molecule has 28 heavy (non-hydrogen) atoms. The van der Waals surface area contributed by atoms with Gasteiger partial charge in [0.05, 0.1) is 23.7 Å². The molecule has 0 aliphatic carbocycles. The molecule has 1 unspecified atom stereocenters. The average Bonchev–Trinajstić information content (AvgIpc) is 3.21. The first-order chi connectivity index (χ1) is 13.5. The van der Waals surface area contributed by atoms with Gasteiger partial charge in [-0.1, -0.05) is 39.8 Å². The number of rotatable bonds is 4. The van der Waals surface area contributed by atoms with Crippen LogP contribution >= 0.6 is 0 Å². The molecule has 2 aromatic rings. The molecule has 1 aliphatic heterocycles. The van der Waals surface area contributed by atoms with Crippen LogP contribution in [0, 0.1) is 11.3 Å². The maximum absolute atomic E-state index is 12.6. The number of benzene rings is 1. The normalized spacial score (nSPS) is 15.7. The van der Waals surface area contributed by atoms with Gasteiger partial charge >= 0.3 is 0 Å². The number of pyridine rings is 1. The summed E-state index contributed by atoms with van der Waals surface area (Å²) in [5, 5.41) is 12.5. The van der Waals surface area contributed by atoms with Gasteiger partial charge in [-0.25, -0.2) is 0 Å². The number of amides is 2. The Morgan fingerprint density at radius 2 is 2.07 bits per heavy atom.